The van der Waals surface area contributed by atoms with Crippen molar-refractivity contribution in [2.45, 2.75) is 18.9 Å². The van der Waals surface area contributed by atoms with Crippen LogP contribution in [-0.4, -0.2) is 45.2 Å². The minimum absolute atomic E-state index is 0.441. The van der Waals surface area contributed by atoms with Crippen LogP contribution >= 0.6 is 0 Å². The van der Waals surface area contributed by atoms with Crippen molar-refractivity contribution in [3.63, 3.8) is 0 Å². The Morgan fingerprint density at radius 3 is 2.60 bits per heavy atom. The van der Waals surface area contributed by atoms with E-state index in [4.69, 9.17) is 0 Å². The van der Waals surface area contributed by atoms with E-state index >= 15 is 0 Å². The summed E-state index contributed by atoms with van der Waals surface area (Å²) in [4.78, 5) is 2.50. The average Bonchev–Trinajstić information content (AvgIpc) is 2.76. The molecule has 1 aromatic rings. The maximum absolute atomic E-state index is 11.4. The molecule has 0 aromatic heterocycles. The number of benzene rings is 1. The van der Waals surface area contributed by atoms with Gasteiger partial charge in [0, 0.05) is 19.1 Å². The van der Waals surface area contributed by atoms with Crippen LogP contribution in [-0.2, 0) is 10.0 Å². The van der Waals surface area contributed by atoms with Gasteiger partial charge in [-0.3, -0.25) is 4.72 Å². The smallest absolute Gasteiger partial charge is 0.229 e. The van der Waals surface area contributed by atoms with Crippen LogP contribution in [0.5, 0.6) is 0 Å². The topological polar surface area (TPSA) is 61.4 Å². The number of fused-ring (bicyclic) bond motifs is 2. The zero-order chi connectivity index (χ0) is 14.2. The maximum Gasteiger partial charge on any atom is 0.229 e. The van der Waals surface area contributed by atoms with Gasteiger partial charge in [0.05, 0.1) is 17.6 Å². The summed E-state index contributed by atoms with van der Waals surface area (Å²) < 4.78 is 25.4. The van der Waals surface area contributed by atoms with Crippen molar-refractivity contribution >= 4 is 21.4 Å². The molecule has 2 fully saturated rings. The van der Waals surface area contributed by atoms with E-state index in [1.807, 2.05) is 18.2 Å². The molecule has 0 saturated carbocycles. The minimum atomic E-state index is -3.25. The average molecular weight is 295 g/mol. The highest BCUT2D eigenvalue weighted by atomic mass is 32.2. The van der Waals surface area contributed by atoms with Crippen molar-refractivity contribution in [1.29, 1.82) is 0 Å². The van der Waals surface area contributed by atoms with Crippen LogP contribution in [0.25, 0.3) is 0 Å². The number of nitrogens with one attached hydrogen (secondary N) is 2. The number of hydrogen-bond donors (Lipinski definition) is 2. The lowest BCUT2D eigenvalue weighted by Gasteiger charge is -2.32. The fourth-order valence-electron chi connectivity index (χ4n) is 3.24. The van der Waals surface area contributed by atoms with Gasteiger partial charge in [-0.05, 0) is 37.4 Å². The molecule has 3 unspecified atom stereocenters. The van der Waals surface area contributed by atoms with Crippen molar-refractivity contribution in [2.75, 3.05) is 35.9 Å². The standard InChI is InChI=1S/C14H21N3O2S/c1-20(18,19)16-14-5-3-2-4-13(14)15-12-7-9-17-8-6-11(12)10-17/h2-5,11-12,15-16H,6-10H2,1H3. The largest absolute Gasteiger partial charge is 0.380 e. The Balaban J connectivity index is 1.77. The normalized spacial score (nSPS) is 29.1. The van der Waals surface area contributed by atoms with Crippen molar-refractivity contribution in [3.8, 4) is 0 Å². The number of sulfonamides is 1. The van der Waals surface area contributed by atoms with Gasteiger partial charge < -0.3 is 10.2 Å². The predicted molar refractivity (Wildman–Crippen MR) is 81.5 cm³/mol. The lowest BCUT2D eigenvalue weighted by molar-refractivity contribution is 0.255. The second-order valence-corrected chi connectivity index (χ2v) is 7.56. The summed E-state index contributed by atoms with van der Waals surface area (Å²) in [6.45, 7) is 3.50. The molecular weight excluding hydrogens is 274 g/mol. The van der Waals surface area contributed by atoms with Gasteiger partial charge in [0.25, 0.3) is 0 Å². The van der Waals surface area contributed by atoms with Crippen LogP contribution < -0.4 is 10.0 Å². The molecule has 6 heteroatoms. The molecule has 5 nitrogen and oxygen atoms in total. The summed E-state index contributed by atoms with van der Waals surface area (Å²) in [5.74, 6) is 0.676. The Morgan fingerprint density at radius 2 is 1.85 bits per heavy atom. The fraction of sp³-hybridized carbons (Fsp3) is 0.571. The van der Waals surface area contributed by atoms with Gasteiger partial charge in [-0.2, -0.15) is 0 Å². The van der Waals surface area contributed by atoms with E-state index in [9.17, 15) is 8.42 Å². The third-order valence-electron chi connectivity index (χ3n) is 4.20. The van der Waals surface area contributed by atoms with Crippen LogP contribution in [0, 0.1) is 5.92 Å². The molecule has 2 saturated heterocycles. The van der Waals surface area contributed by atoms with Gasteiger partial charge in [0.2, 0.25) is 10.0 Å². The zero-order valence-corrected chi connectivity index (χ0v) is 12.5. The molecule has 2 bridgehead atoms. The van der Waals surface area contributed by atoms with Crippen molar-refractivity contribution in [2.24, 2.45) is 5.92 Å². The van der Waals surface area contributed by atoms with Crippen molar-refractivity contribution < 1.29 is 8.42 Å². The molecule has 2 aliphatic rings. The summed E-state index contributed by atoms with van der Waals surface area (Å²) in [7, 11) is -3.25. The van der Waals surface area contributed by atoms with Crippen LogP contribution in [0.2, 0.25) is 0 Å². The van der Waals surface area contributed by atoms with E-state index in [2.05, 4.69) is 14.9 Å². The van der Waals surface area contributed by atoms with Gasteiger partial charge in [0.1, 0.15) is 0 Å². The minimum Gasteiger partial charge on any atom is -0.380 e. The Bertz CT molecular complexity index is 588. The number of anilines is 2. The lowest BCUT2D eigenvalue weighted by atomic mass is 9.94. The summed E-state index contributed by atoms with van der Waals surface area (Å²) in [5, 5.41) is 3.55. The predicted octanol–water partition coefficient (Wildman–Crippen LogP) is 1.56. The second kappa shape index (κ2) is 5.26. The van der Waals surface area contributed by atoms with E-state index in [0.29, 0.717) is 17.6 Å². The molecular formula is C14H21N3O2S. The van der Waals surface area contributed by atoms with Crippen LogP contribution in [0.4, 0.5) is 11.4 Å². The maximum atomic E-state index is 11.4. The number of hydrogen-bond acceptors (Lipinski definition) is 4. The Labute approximate surface area is 120 Å². The Morgan fingerprint density at radius 1 is 1.15 bits per heavy atom. The van der Waals surface area contributed by atoms with E-state index in [-0.39, 0.29) is 0 Å². The molecule has 3 atom stereocenters. The Hall–Kier alpha value is -1.27. The van der Waals surface area contributed by atoms with Crippen LogP contribution in [0.1, 0.15) is 12.8 Å². The van der Waals surface area contributed by atoms with E-state index in [1.54, 1.807) is 6.07 Å². The van der Waals surface area contributed by atoms with Gasteiger partial charge in [-0.1, -0.05) is 12.1 Å². The van der Waals surface area contributed by atoms with Crippen molar-refractivity contribution in [1.82, 2.24) is 4.90 Å². The molecule has 110 valence electrons. The molecule has 3 rings (SSSR count). The molecule has 2 N–H and O–H groups in total. The van der Waals surface area contributed by atoms with Crippen LogP contribution in [0.3, 0.4) is 0 Å². The highest BCUT2D eigenvalue weighted by Gasteiger charge is 2.34. The molecule has 0 spiro atoms. The third-order valence-corrected chi connectivity index (χ3v) is 4.79. The number of para-hydroxylation sites is 2. The molecule has 2 aliphatic heterocycles. The zero-order valence-electron chi connectivity index (χ0n) is 11.7. The highest BCUT2D eigenvalue weighted by Crippen LogP contribution is 2.31. The lowest BCUT2D eigenvalue weighted by Crippen LogP contribution is -2.39. The highest BCUT2D eigenvalue weighted by molar-refractivity contribution is 7.92. The summed E-state index contributed by atoms with van der Waals surface area (Å²) >= 11 is 0. The van der Waals surface area contributed by atoms with Gasteiger partial charge in [0.15, 0.2) is 0 Å². The van der Waals surface area contributed by atoms with E-state index < -0.39 is 10.0 Å². The first-order chi connectivity index (χ1) is 9.51. The summed E-state index contributed by atoms with van der Waals surface area (Å²) in [6, 6.07) is 7.95. The molecule has 2 heterocycles. The molecule has 1 aromatic carbocycles. The quantitative estimate of drug-likeness (QED) is 0.885. The SMILES string of the molecule is CS(=O)(=O)Nc1ccccc1NC1CCN2CCC1C2. The molecule has 20 heavy (non-hydrogen) atoms. The Kier molecular flexibility index (Phi) is 3.60. The monoisotopic (exact) mass is 295 g/mol. The summed E-state index contributed by atoms with van der Waals surface area (Å²) in [6.07, 6.45) is 3.54. The second-order valence-electron chi connectivity index (χ2n) is 5.81. The number of rotatable bonds is 4. The third kappa shape index (κ3) is 3.07. The van der Waals surface area contributed by atoms with Crippen molar-refractivity contribution in [3.05, 3.63) is 24.3 Å². The molecule has 0 aliphatic carbocycles. The molecule has 0 amide bonds. The number of piperidine rings is 1. The first-order valence-corrected chi connectivity index (χ1v) is 8.96. The van der Waals surface area contributed by atoms with E-state index in [0.717, 1.165) is 18.7 Å². The first kappa shape index (κ1) is 13.7. The number of nitrogens with zero attached hydrogens (tertiary/aromatic N) is 1. The first-order valence-electron chi connectivity index (χ1n) is 7.07. The summed E-state index contributed by atoms with van der Waals surface area (Å²) in [5.41, 5.74) is 1.51. The van der Waals surface area contributed by atoms with Gasteiger partial charge >= 0.3 is 0 Å². The van der Waals surface area contributed by atoms with Gasteiger partial charge in [-0.25, -0.2) is 8.42 Å². The van der Waals surface area contributed by atoms with Crippen LogP contribution in [0.15, 0.2) is 24.3 Å². The molecule has 0 radical (unpaired) electrons. The van der Waals surface area contributed by atoms with E-state index in [1.165, 1.54) is 25.8 Å². The van der Waals surface area contributed by atoms with Gasteiger partial charge in [-0.15, -0.1) is 0 Å². The fourth-order valence-corrected chi connectivity index (χ4v) is 3.82.